The molecule has 0 aliphatic carbocycles. The van der Waals surface area contributed by atoms with E-state index >= 15 is 0 Å². The Bertz CT molecular complexity index is 773. The third-order valence-corrected chi connectivity index (χ3v) is 5.31. The smallest absolute Gasteiger partial charge is 0.279 e. The normalized spacial score (nSPS) is 15.2. The zero-order valence-electron chi connectivity index (χ0n) is 13.8. The lowest BCUT2D eigenvalue weighted by Gasteiger charge is -2.31. The second-order valence-corrected chi connectivity index (χ2v) is 7.10. The van der Waals surface area contributed by atoms with Gasteiger partial charge in [-0.05, 0) is 30.6 Å². The van der Waals surface area contributed by atoms with Crippen LogP contribution in [0.1, 0.15) is 15.4 Å². The summed E-state index contributed by atoms with van der Waals surface area (Å²) in [7, 11) is 0. The van der Waals surface area contributed by atoms with Crippen LogP contribution in [0, 0.1) is 6.92 Å². The third-order valence-electron chi connectivity index (χ3n) is 4.16. The number of piperazine rings is 1. The molecule has 9 heteroatoms. The number of anilines is 1. The number of carbonyl (C=O) groups is 2. The molecule has 3 rings (SSSR count). The fourth-order valence-corrected chi connectivity index (χ4v) is 3.57. The highest BCUT2D eigenvalue weighted by Crippen LogP contribution is 2.20. The Kier molecular flexibility index (Phi) is 5.62. The van der Waals surface area contributed by atoms with Crippen LogP contribution in [0.25, 0.3) is 0 Å². The number of rotatable bonds is 4. The van der Waals surface area contributed by atoms with Gasteiger partial charge in [-0.2, -0.15) is 0 Å². The second-order valence-electron chi connectivity index (χ2n) is 5.93. The summed E-state index contributed by atoms with van der Waals surface area (Å²) in [6, 6.07) is 7.16. The molecule has 1 aromatic carbocycles. The van der Waals surface area contributed by atoms with Crippen molar-refractivity contribution in [1.82, 2.24) is 14.5 Å². The number of hydrogen-bond donors (Lipinski definition) is 2. The maximum atomic E-state index is 12.4. The largest absolute Gasteiger partial charge is 0.327 e. The van der Waals surface area contributed by atoms with Crippen molar-refractivity contribution in [2.45, 2.75) is 6.92 Å². The molecule has 0 radical (unpaired) electrons. The molecule has 1 fully saturated rings. The standard InChI is InChI=1S/C16H18ClN5O2S/c1-11-15(25-20-19-11)16(24)22-8-6-21(7-9-22)10-14(23)18-13-5-3-2-4-12(13)17/h2-5H,6-10H2,1H3,(H,18,23)/p+1. The van der Waals surface area contributed by atoms with Crippen molar-refractivity contribution in [2.75, 3.05) is 38.0 Å². The third kappa shape index (κ3) is 4.33. The van der Waals surface area contributed by atoms with Crippen LogP contribution in [-0.4, -0.2) is 59.0 Å². The Labute approximate surface area is 154 Å². The number of aromatic nitrogens is 2. The topological polar surface area (TPSA) is 79.6 Å². The molecule has 1 aliphatic rings. The summed E-state index contributed by atoms with van der Waals surface area (Å²) in [5.41, 5.74) is 1.29. The summed E-state index contributed by atoms with van der Waals surface area (Å²) in [5, 5.41) is 7.24. The molecule has 2 amide bonds. The van der Waals surface area contributed by atoms with E-state index in [2.05, 4.69) is 14.9 Å². The minimum absolute atomic E-state index is 0.0212. The van der Waals surface area contributed by atoms with Gasteiger partial charge in [0.25, 0.3) is 11.8 Å². The molecule has 0 bridgehead atoms. The highest BCUT2D eigenvalue weighted by molar-refractivity contribution is 7.07. The molecule has 0 unspecified atom stereocenters. The molecule has 7 nitrogen and oxygen atoms in total. The van der Waals surface area contributed by atoms with Crippen LogP contribution < -0.4 is 10.2 Å². The first-order valence-electron chi connectivity index (χ1n) is 8.01. The van der Waals surface area contributed by atoms with E-state index in [9.17, 15) is 9.59 Å². The number of amides is 2. The fraction of sp³-hybridized carbons (Fsp3) is 0.375. The second kappa shape index (κ2) is 7.90. The van der Waals surface area contributed by atoms with Crippen molar-refractivity contribution in [2.24, 2.45) is 0 Å². The first kappa shape index (κ1) is 17.8. The van der Waals surface area contributed by atoms with E-state index in [1.807, 2.05) is 12.1 Å². The molecule has 1 aliphatic heterocycles. The predicted molar refractivity (Wildman–Crippen MR) is 96.2 cm³/mol. The van der Waals surface area contributed by atoms with Gasteiger partial charge in [0.05, 0.1) is 42.6 Å². The van der Waals surface area contributed by atoms with E-state index in [-0.39, 0.29) is 11.8 Å². The Hall–Kier alpha value is -2.03. The average molecular weight is 381 g/mol. The van der Waals surface area contributed by atoms with E-state index in [1.165, 1.54) is 0 Å². The van der Waals surface area contributed by atoms with Gasteiger partial charge in [0.15, 0.2) is 6.54 Å². The molecule has 2 N–H and O–H groups in total. The van der Waals surface area contributed by atoms with Gasteiger partial charge >= 0.3 is 0 Å². The summed E-state index contributed by atoms with van der Waals surface area (Å²) in [6.07, 6.45) is 0. The van der Waals surface area contributed by atoms with Crippen molar-refractivity contribution in [1.29, 1.82) is 0 Å². The highest BCUT2D eigenvalue weighted by atomic mass is 35.5. The number of nitrogens with zero attached hydrogens (tertiary/aromatic N) is 3. The van der Waals surface area contributed by atoms with Crippen molar-refractivity contribution in [3.8, 4) is 0 Å². The van der Waals surface area contributed by atoms with Crippen molar-refractivity contribution < 1.29 is 14.5 Å². The number of nitrogens with one attached hydrogen (secondary N) is 2. The minimum atomic E-state index is -0.0784. The van der Waals surface area contributed by atoms with E-state index in [0.29, 0.717) is 40.9 Å². The molecule has 0 atom stereocenters. The van der Waals surface area contributed by atoms with Crippen molar-refractivity contribution in [3.63, 3.8) is 0 Å². The van der Waals surface area contributed by atoms with Gasteiger partial charge in [-0.1, -0.05) is 28.2 Å². The van der Waals surface area contributed by atoms with Crippen LogP contribution in [0.5, 0.6) is 0 Å². The van der Waals surface area contributed by atoms with E-state index in [1.54, 1.807) is 24.0 Å². The van der Waals surface area contributed by atoms with Crippen LogP contribution in [0.15, 0.2) is 24.3 Å². The first-order chi connectivity index (χ1) is 12.0. The van der Waals surface area contributed by atoms with Crippen molar-refractivity contribution >= 4 is 40.6 Å². The van der Waals surface area contributed by atoms with E-state index in [0.717, 1.165) is 29.5 Å². The number of hydrogen-bond acceptors (Lipinski definition) is 5. The summed E-state index contributed by atoms with van der Waals surface area (Å²) in [6.45, 7) is 4.83. The van der Waals surface area contributed by atoms with Crippen LogP contribution >= 0.6 is 23.1 Å². The first-order valence-corrected chi connectivity index (χ1v) is 9.16. The number of quaternary nitrogens is 1. The quantitative estimate of drug-likeness (QED) is 0.808. The van der Waals surface area contributed by atoms with Gasteiger partial charge in [0.2, 0.25) is 0 Å². The SMILES string of the molecule is Cc1nnsc1C(=O)N1CC[NH+](CC(=O)Nc2ccccc2Cl)CC1. The Morgan fingerprint density at radius 3 is 2.68 bits per heavy atom. The lowest BCUT2D eigenvalue weighted by molar-refractivity contribution is -0.895. The van der Waals surface area contributed by atoms with Crippen molar-refractivity contribution in [3.05, 3.63) is 39.9 Å². The van der Waals surface area contributed by atoms with Gasteiger partial charge in [0, 0.05) is 0 Å². The fourth-order valence-electron chi connectivity index (χ4n) is 2.76. The van der Waals surface area contributed by atoms with E-state index in [4.69, 9.17) is 11.6 Å². The average Bonchev–Trinajstić information content (AvgIpc) is 3.03. The molecule has 0 spiro atoms. The molecule has 2 heterocycles. The monoisotopic (exact) mass is 380 g/mol. The molecule has 1 aromatic heterocycles. The molecule has 1 saturated heterocycles. The summed E-state index contributed by atoms with van der Waals surface area (Å²) in [4.78, 5) is 28.2. The summed E-state index contributed by atoms with van der Waals surface area (Å²) in [5.74, 6) is -0.0996. The Morgan fingerprint density at radius 1 is 1.32 bits per heavy atom. The number of aryl methyl sites for hydroxylation is 1. The lowest BCUT2D eigenvalue weighted by atomic mass is 10.2. The Balaban J connectivity index is 1.49. The van der Waals surface area contributed by atoms with Gasteiger partial charge < -0.3 is 15.1 Å². The van der Waals surface area contributed by atoms with E-state index < -0.39 is 0 Å². The highest BCUT2D eigenvalue weighted by Gasteiger charge is 2.28. The van der Waals surface area contributed by atoms with Gasteiger partial charge in [0.1, 0.15) is 4.88 Å². The minimum Gasteiger partial charge on any atom is -0.327 e. The number of benzene rings is 1. The molecule has 2 aromatic rings. The maximum Gasteiger partial charge on any atom is 0.279 e. The molecular weight excluding hydrogens is 362 g/mol. The predicted octanol–water partition coefficient (Wildman–Crippen LogP) is 0.479. The Morgan fingerprint density at radius 2 is 2.04 bits per heavy atom. The number of halogens is 1. The maximum absolute atomic E-state index is 12.4. The summed E-state index contributed by atoms with van der Waals surface area (Å²) < 4.78 is 3.81. The molecule has 25 heavy (non-hydrogen) atoms. The zero-order valence-corrected chi connectivity index (χ0v) is 15.4. The summed E-state index contributed by atoms with van der Waals surface area (Å²) >= 11 is 7.18. The van der Waals surface area contributed by atoms with Crippen LogP contribution in [-0.2, 0) is 4.79 Å². The molecule has 132 valence electrons. The zero-order chi connectivity index (χ0) is 17.8. The number of carbonyl (C=O) groups excluding carboxylic acids is 2. The van der Waals surface area contributed by atoms with Gasteiger partial charge in [-0.15, -0.1) is 5.10 Å². The van der Waals surface area contributed by atoms with Crippen LogP contribution in [0.4, 0.5) is 5.69 Å². The van der Waals surface area contributed by atoms with Gasteiger partial charge in [-0.25, -0.2) is 0 Å². The molecular formula is C16H19ClN5O2S+. The number of para-hydroxylation sites is 1. The molecule has 0 saturated carbocycles. The lowest BCUT2D eigenvalue weighted by Crippen LogP contribution is -3.15. The van der Waals surface area contributed by atoms with Gasteiger partial charge in [-0.3, -0.25) is 9.59 Å². The van der Waals surface area contributed by atoms with Crippen LogP contribution in [0.3, 0.4) is 0 Å². The van der Waals surface area contributed by atoms with Crippen LogP contribution in [0.2, 0.25) is 5.02 Å².